The first-order chi connectivity index (χ1) is 10.3. The molecule has 0 radical (unpaired) electrons. The molecule has 1 atom stereocenters. The van der Waals surface area contributed by atoms with Gasteiger partial charge in [-0.25, -0.2) is 8.42 Å². The number of benzene rings is 1. The highest BCUT2D eigenvalue weighted by molar-refractivity contribution is 7.91. The zero-order valence-electron chi connectivity index (χ0n) is 11.8. The van der Waals surface area contributed by atoms with Gasteiger partial charge in [0, 0.05) is 13.1 Å². The van der Waals surface area contributed by atoms with Crippen molar-refractivity contribution < 1.29 is 21.6 Å². The molecule has 0 aromatic heterocycles. The second-order valence-electron chi connectivity index (χ2n) is 5.06. The van der Waals surface area contributed by atoms with Crippen molar-refractivity contribution >= 4 is 32.1 Å². The van der Waals surface area contributed by atoms with Crippen molar-refractivity contribution in [1.82, 2.24) is 4.31 Å². The van der Waals surface area contributed by atoms with E-state index >= 15 is 0 Å². The van der Waals surface area contributed by atoms with E-state index in [4.69, 9.17) is 4.74 Å². The van der Waals surface area contributed by atoms with Crippen LogP contribution in [0.3, 0.4) is 0 Å². The Kier molecular flexibility index (Phi) is 3.71. The van der Waals surface area contributed by atoms with Gasteiger partial charge < -0.3 is 10.1 Å². The van der Waals surface area contributed by atoms with E-state index in [2.05, 4.69) is 9.71 Å². The number of hydrogen-bond acceptors (Lipinski definition) is 6. The van der Waals surface area contributed by atoms with Crippen molar-refractivity contribution in [1.29, 1.82) is 0 Å². The van der Waals surface area contributed by atoms with Gasteiger partial charge in [-0.15, -0.1) is 4.40 Å². The molecule has 0 amide bonds. The lowest BCUT2D eigenvalue weighted by Crippen LogP contribution is -2.44. The molecular formula is C12H15N3O5S2. The second-order valence-corrected chi connectivity index (χ2v) is 8.60. The van der Waals surface area contributed by atoms with Crippen molar-refractivity contribution in [2.24, 2.45) is 4.40 Å². The Hall–Kier alpha value is -1.49. The third-order valence-electron chi connectivity index (χ3n) is 3.48. The van der Waals surface area contributed by atoms with Crippen LogP contribution in [-0.4, -0.2) is 53.3 Å². The van der Waals surface area contributed by atoms with Crippen molar-refractivity contribution in [3.05, 3.63) is 18.2 Å². The topological polar surface area (TPSA) is 105 Å². The molecule has 3 rings (SSSR count). The lowest BCUT2D eigenvalue weighted by atomic mass is 10.3. The molecule has 120 valence electrons. The molecule has 2 aliphatic rings. The van der Waals surface area contributed by atoms with Gasteiger partial charge in [0.05, 0.1) is 23.3 Å². The number of hydrogen-bond donors (Lipinski definition) is 1. The van der Waals surface area contributed by atoms with E-state index in [-0.39, 0.29) is 29.0 Å². The summed E-state index contributed by atoms with van der Waals surface area (Å²) >= 11 is 0. The minimum absolute atomic E-state index is 0.0668. The van der Waals surface area contributed by atoms with Gasteiger partial charge in [0.1, 0.15) is 11.2 Å². The van der Waals surface area contributed by atoms with E-state index in [1.54, 1.807) is 6.92 Å². The van der Waals surface area contributed by atoms with Crippen LogP contribution in [0.25, 0.3) is 0 Å². The lowest BCUT2D eigenvalue weighted by Gasteiger charge is -2.30. The summed E-state index contributed by atoms with van der Waals surface area (Å²) in [6, 6.07) is 3.95. The van der Waals surface area contributed by atoms with Crippen LogP contribution >= 0.6 is 0 Å². The summed E-state index contributed by atoms with van der Waals surface area (Å²) in [6.07, 6.45) is 0.867. The van der Waals surface area contributed by atoms with Crippen LogP contribution in [-0.2, 0) is 24.8 Å². The average Bonchev–Trinajstić information content (AvgIpc) is 2.46. The van der Waals surface area contributed by atoms with Gasteiger partial charge in [-0.05, 0) is 25.1 Å². The minimum atomic E-state index is -3.87. The highest BCUT2D eigenvalue weighted by Crippen LogP contribution is 2.29. The molecule has 0 unspecified atom stereocenters. The third kappa shape index (κ3) is 2.62. The van der Waals surface area contributed by atoms with E-state index in [9.17, 15) is 16.8 Å². The molecule has 0 aliphatic carbocycles. The van der Waals surface area contributed by atoms with Gasteiger partial charge >= 0.3 is 0 Å². The zero-order chi connectivity index (χ0) is 16.0. The molecule has 1 N–H and O–H groups in total. The molecule has 8 nitrogen and oxygen atoms in total. The Bertz CT molecular complexity index is 832. The number of nitrogens with one attached hydrogen (secondary N) is 1. The van der Waals surface area contributed by atoms with Gasteiger partial charge in [-0.3, -0.25) is 0 Å². The molecule has 0 saturated carbocycles. The van der Waals surface area contributed by atoms with Gasteiger partial charge in [0.25, 0.3) is 10.0 Å². The van der Waals surface area contributed by atoms with Crippen LogP contribution in [0.2, 0.25) is 0 Å². The summed E-state index contributed by atoms with van der Waals surface area (Å²) in [4.78, 5) is -0.208. The molecule has 10 heteroatoms. The quantitative estimate of drug-likeness (QED) is 0.823. The Morgan fingerprint density at radius 1 is 1.41 bits per heavy atom. The molecule has 0 bridgehead atoms. The number of fused-ring (bicyclic) bond motifs is 1. The Morgan fingerprint density at radius 3 is 2.91 bits per heavy atom. The molecule has 1 saturated heterocycles. The fraction of sp³-hybridized carbons (Fsp3) is 0.417. The number of ether oxygens (including phenoxy) is 1. The zero-order valence-corrected chi connectivity index (χ0v) is 13.4. The molecule has 1 fully saturated rings. The Labute approximate surface area is 128 Å². The number of anilines is 1. The van der Waals surface area contributed by atoms with Gasteiger partial charge in [-0.2, -0.15) is 12.7 Å². The number of sulfonamides is 2. The first kappa shape index (κ1) is 15.4. The summed E-state index contributed by atoms with van der Waals surface area (Å²) < 4.78 is 59.1. The van der Waals surface area contributed by atoms with Gasteiger partial charge in [-0.1, -0.05) is 0 Å². The maximum absolute atomic E-state index is 12.6. The molecule has 1 aromatic carbocycles. The summed E-state index contributed by atoms with van der Waals surface area (Å²) in [6.45, 7) is 2.59. The SMILES string of the molecule is C[C@H]1CN(S(=O)(=O)c2ccc3c(c2)S(=O)(=O)N=CN3)CCO1. The smallest absolute Gasteiger partial charge is 0.285 e. The first-order valence-electron chi connectivity index (χ1n) is 6.62. The van der Waals surface area contributed by atoms with Gasteiger partial charge in [0.15, 0.2) is 0 Å². The largest absolute Gasteiger partial charge is 0.376 e. The van der Waals surface area contributed by atoms with Crippen molar-refractivity contribution in [3.63, 3.8) is 0 Å². The maximum atomic E-state index is 12.6. The van der Waals surface area contributed by atoms with Crippen molar-refractivity contribution in [2.75, 3.05) is 25.0 Å². The fourth-order valence-electron chi connectivity index (χ4n) is 2.37. The third-order valence-corrected chi connectivity index (χ3v) is 6.62. The highest BCUT2D eigenvalue weighted by Gasteiger charge is 2.31. The maximum Gasteiger partial charge on any atom is 0.285 e. The summed E-state index contributed by atoms with van der Waals surface area (Å²) in [5, 5.41) is 2.68. The van der Waals surface area contributed by atoms with E-state index in [1.807, 2.05) is 0 Å². The van der Waals surface area contributed by atoms with Crippen LogP contribution in [0.5, 0.6) is 0 Å². The van der Waals surface area contributed by atoms with E-state index < -0.39 is 20.0 Å². The van der Waals surface area contributed by atoms with Crippen LogP contribution in [0, 0.1) is 0 Å². The second kappa shape index (κ2) is 5.30. The lowest BCUT2D eigenvalue weighted by molar-refractivity contribution is 0.0102. The van der Waals surface area contributed by atoms with Crippen molar-refractivity contribution in [3.8, 4) is 0 Å². The average molecular weight is 345 g/mol. The number of rotatable bonds is 2. The van der Waals surface area contributed by atoms with Crippen LogP contribution in [0.15, 0.2) is 32.4 Å². The summed E-state index contributed by atoms with van der Waals surface area (Å²) in [5.74, 6) is 0. The Balaban J connectivity index is 2.03. The predicted octanol–water partition coefficient (Wildman–Crippen LogP) is 0.239. The fourth-order valence-corrected chi connectivity index (χ4v) is 4.96. The Morgan fingerprint density at radius 2 is 2.18 bits per heavy atom. The number of nitrogens with zero attached hydrogens (tertiary/aromatic N) is 2. The highest BCUT2D eigenvalue weighted by atomic mass is 32.2. The van der Waals surface area contributed by atoms with E-state index in [0.717, 1.165) is 12.4 Å². The molecule has 22 heavy (non-hydrogen) atoms. The number of morpholine rings is 1. The predicted molar refractivity (Wildman–Crippen MR) is 79.9 cm³/mol. The van der Waals surface area contributed by atoms with Crippen LogP contribution in [0.4, 0.5) is 5.69 Å². The normalized spacial score (nSPS) is 24.5. The molecular weight excluding hydrogens is 330 g/mol. The van der Waals surface area contributed by atoms with Crippen LogP contribution in [0.1, 0.15) is 6.92 Å². The standard InChI is InChI=1S/C12H15N3O5S2/c1-9-7-15(4-5-20-9)22(18,19)10-2-3-11-12(6-10)21(16,17)14-8-13-11/h2-3,6,8-9H,4-5,7H2,1H3,(H,13,14)/t9-/m0/s1. The molecule has 2 aliphatic heterocycles. The van der Waals surface area contributed by atoms with E-state index in [0.29, 0.717) is 12.3 Å². The molecule has 0 spiro atoms. The monoisotopic (exact) mass is 345 g/mol. The van der Waals surface area contributed by atoms with Crippen LogP contribution < -0.4 is 5.32 Å². The summed E-state index contributed by atoms with van der Waals surface area (Å²) in [7, 11) is -7.64. The minimum Gasteiger partial charge on any atom is -0.376 e. The first-order valence-corrected chi connectivity index (χ1v) is 9.50. The summed E-state index contributed by atoms with van der Waals surface area (Å²) in [5.41, 5.74) is 0.310. The van der Waals surface area contributed by atoms with Crippen molar-refractivity contribution in [2.45, 2.75) is 22.8 Å². The molecule has 2 heterocycles. The van der Waals surface area contributed by atoms with Gasteiger partial charge in [0.2, 0.25) is 10.0 Å². The van der Waals surface area contributed by atoms with E-state index in [1.165, 1.54) is 16.4 Å². The molecule has 1 aromatic rings.